The van der Waals surface area contributed by atoms with E-state index in [1.165, 1.54) is 0 Å². The van der Waals surface area contributed by atoms with E-state index in [9.17, 15) is 19.5 Å². The molecule has 2 atom stereocenters. The summed E-state index contributed by atoms with van der Waals surface area (Å²) >= 11 is 0. The molecule has 0 aliphatic carbocycles. The molecule has 0 aromatic heterocycles. The molecule has 1 aliphatic heterocycles. The molecule has 30 heavy (non-hydrogen) atoms. The Morgan fingerprint density at radius 2 is 1.87 bits per heavy atom. The van der Waals surface area contributed by atoms with Crippen molar-refractivity contribution in [3.05, 3.63) is 65.7 Å². The highest BCUT2D eigenvalue weighted by atomic mass is 16.5. The molecule has 0 bridgehead atoms. The Morgan fingerprint density at radius 1 is 1.17 bits per heavy atom. The molecule has 4 amide bonds. The van der Waals surface area contributed by atoms with Crippen LogP contribution in [0.25, 0.3) is 0 Å². The summed E-state index contributed by atoms with van der Waals surface area (Å²) in [7, 11) is 1.57. The zero-order valence-corrected chi connectivity index (χ0v) is 16.7. The van der Waals surface area contributed by atoms with E-state index >= 15 is 0 Å². The van der Waals surface area contributed by atoms with Crippen molar-refractivity contribution >= 4 is 17.8 Å². The minimum absolute atomic E-state index is 0.0520. The molecule has 0 saturated carbocycles. The lowest BCUT2D eigenvalue weighted by Crippen LogP contribution is -2.34. The zero-order valence-electron chi connectivity index (χ0n) is 16.7. The minimum Gasteiger partial charge on any atom is -0.497 e. The van der Waals surface area contributed by atoms with Crippen molar-refractivity contribution in [2.45, 2.75) is 31.5 Å². The minimum atomic E-state index is -0.745. The highest BCUT2D eigenvalue weighted by Crippen LogP contribution is 2.18. The maximum Gasteiger partial charge on any atom is 0.325 e. The van der Waals surface area contributed by atoms with Gasteiger partial charge in [-0.2, -0.15) is 0 Å². The van der Waals surface area contributed by atoms with Crippen molar-refractivity contribution in [1.82, 2.24) is 15.5 Å². The third kappa shape index (κ3) is 5.15. The van der Waals surface area contributed by atoms with Gasteiger partial charge in [-0.25, -0.2) is 4.79 Å². The quantitative estimate of drug-likeness (QED) is 0.545. The summed E-state index contributed by atoms with van der Waals surface area (Å²) < 4.78 is 5.10. The van der Waals surface area contributed by atoms with Crippen LogP contribution in [0.3, 0.4) is 0 Å². The average Bonchev–Trinajstić information content (AvgIpc) is 3.04. The molecular formula is C22H25N3O5. The fourth-order valence-electron chi connectivity index (χ4n) is 3.30. The van der Waals surface area contributed by atoms with Crippen LogP contribution in [-0.4, -0.2) is 47.6 Å². The van der Waals surface area contributed by atoms with Crippen molar-refractivity contribution in [2.75, 3.05) is 13.7 Å². The number of ether oxygens (including phenoxy) is 1. The van der Waals surface area contributed by atoms with Gasteiger partial charge in [0, 0.05) is 6.42 Å². The van der Waals surface area contributed by atoms with E-state index in [0.717, 1.165) is 16.0 Å². The van der Waals surface area contributed by atoms with E-state index in [4.69, 9.17) is 4.74 Å². The summed E-state index contributed by atoms with van der Waals surface area (Å²) in [5.41, 5.74) is 1.59. The Bertz CT molecular complexity index is 885. The summed E-state index contributed by atoms with van der Waals surface area (Å²) in [5, 5.41) is 14.9. The number of hydrogen-bond donors (Lipinski definition) is 3. The molecule has 0 unspecified atom stereocenters. The molecular weight excluding hydrogens is 386 g/mol. The van der Waals surface area contributed by atoms with Gasteiger partial charge in [0.1, 0.15) is 11.8 Å². The van der Waals surface area contributed by atoms with Gasteiger partial charge in [-0.15, -0.1) is 0 Å². The molecule has 8 heteroatoms. The van der Waals surface area contributed by atoms with E-state index in [2.05, 4.69) is 10.6 Å². The van der Waals surface area contributed by atoms with Crippen molar-refractivity contribution in [3.8, 4) is 5.75 Å². The topological polar surface area (TPSA) is 108 Å². The summed E-state index contributed by atoms with van der Waals surface area (Å²) in [4.78, 5) is 38.2. The van der Waals surface area contributed by atoms with Crippen LogP contribution in [0.15, 0.2) is 54.6 Å². The third-order valence-electron chi connectivity index (χ3n) is 4.99. The molecule has 1 heterocycles. The predicted molar refractivity (Wildman–Crippen MR) is 110 cm³/mol. The van der Waals surface area contributed by atoms with Gasteiger partial charge in [0.2, 0.25) is 5.91 Å². The molecule has 3 N–H and O–H groups in total. The van der Waals surface area contributed by atoms with Crippen LogP contribution in [0.2, 0.25) is 0 Å². The van der Waals surface area contributed by atoms with Crippen LogP contribution in [0, 0.1) is 0 Å². The van der Waals surface area contributed by atoms with Gasteiger partial charge in [-0.05, 0) is 29.7 Å². The van der Waals surface area contributed by atoms with Gasteiger partial charge in [0.05, 0.1) is 26.3 Å². The number of imide groups is 1. The zero-order chi connectivity index (χ0) is 21.5. The first-order chi connectivity index (χ1) is 14.5. The number of benzene rings is 2. The van der Waals surface area contributed by atoms with Crippen molar-refractivity contribution < 1.29 is 24.2 Å². The summed E-state index contributed by atoms with van der Waals surface area (Å²) in [6.45, 7) is -0.0809. The normalized spacial score (nSPS) is 16.9. The maximum absolute atomic E-state index is 12.6. The number of urea groups is 1. The van der Waals surface area contributed by atoms with E-state index in [1.54, 1.807) is 31.4 Å². The first-order valence-corrected chi connectivity index (χ1v) is 9.71. The molecule has 1 fully saturated rings. The van der Waals surface area contributed by atoms with Gasteiger partial charge in [-0.1, -0.05) is 42.5 Å². The number of carbonyl (C=O) groups is 3. The lowest BCUT2D eigenvalue weighted by atomic mass is 10.1. The number of aliphatic hydroxyl groups is 1. The van der Waals surface area contributed by atoms with Gasteiger partial charge in [0.25, 0.3) is 5.91 Å². The Balaban J connectivity index is 1.52. The number of aliphatic hydroxyl groups excluding tert-OH is 1. The van der Waals surface area contributed by atoms with Crippen LogP contribution in [0.1, 0.15) is 30.0 Å². The Hall–Kier alpha value is -3.39. The van der Waals surface area contributed by atoms with Crippen molar-refractivity contribution in [1.29, 1.82) is 0 Å². The van der Waals surface area contributed by atoms with E-state index in [1.807, 2.05) is 30.3 Å². The van der Waals surface area contributed by atoms with Gasteiger partial charge >= 0.3 is 6.03 Å². The van der Waals surface area contributed by atoms with Crippen molar-refractivity contribution in [3.63, 3.8) is 0 Å². The fraction of sp³-hybridized carbons (Fsp3) is 0.318. The third-order valence-corrected chi connectivity index (χ3v) is 4.99. The second kappa shape index (κ2) is 9.89. The second-order valence-corrected chi connectivity index (χ2v) is 7.03. The Kier molecular flexibility index (Phi) is 7.03. The maximum atomic E-state index is 12.6. The Morgan fingerprint density at radius 3 is 2.50 bits per heavy atom. The standard InChI is InChI=1S/C22H25N3O5/c1-30-17-9-7-15(8-10-17)13-25-21(28)18(24-22(25)29)11-12-20(27)23-19(14-26)16-5-3-2-4-6-16/h2-10,18-19,26H,11-14H2,1H3,(H,23,27)(H,24,29)/t18-,19+/m0/s1. The first-order valence-electron chi connectivity index (χ1n) is 9.71. The van der Waals surface area contributed by atoms with Crippen LogP contribution >= 0.6 is 0 Å². The van der Waals surface area contributed by atoms with Gasteiger partial charge < -0.3 is 20.5 Å². The monoisotopic (exact) mass is 411 g/mol. The van der Waals surface area contributed by atoms with Crippen LogP contribution < -0.4 is 15.4 Å². The average molecular weight is 411 g/mol. The molecule has 8 nitrogen and oxygen atoms in total. The van der Waals surface area contributed by atoms with Crippen molar-refractivity contribution in [2.24, 2.45) is 0 Å². The summed E-state index contributed by atoms with van der Waals surface area (Å²) in [5.74, 6) is 0.0375. The van der Waals surface area contributed by atoms with Crippen LogP contribution in [0.5, 0.6) is 5.75 Å². The lowest BCUT2D eigenvalue weighted by molar-refractivity contribution is -0.128. The predicted octanol–water partition coefficient (Wildman–Crippen LogP) is 1.75. The summed E-state index contributed by atoms with van der Waals surface area (Å²) in [6, 6.07) is 14.5. The van der Waals surface area contributed by atoms with E-state index in [-0.39, 0.29) is 37.8 Å². The SMILES string of the molecule is COc1ccc(CN2C(=O)N[C@@H](CCC(=O)N[C@H](CO)c3ccccc3)C2=O)cc1. The van der Waals surface area contributed by atoms with Crippen LogP contribution in [0.4, 0.5) is 4.79 Å². The lowest BCUT2D eigenvalue weighted by Gasteiger charge is -2.17. The number of nitrogens with zero attached hydrogens (tertiary/aromatic N) is 1. The number of amides is 4. The number of rotatable bonds is 9. The largest absolute Gasteiger partial charge is 0.497 e. The highest BCUT2D eigenvalue weighted by molar-refractivity contribution is 6.04. The number of nitrogens with one attached hydrogen (secondary N) is 2. The highest BCUT2D eigenvalue weighted by Gasteiger charge is 2.37. The molecule has 0 radical (unpaired) electrons. The second-order valence-electron chi connectivity index (χ2n) is 7.03. The molecule has 3 rings (SSSR count). The number of hydrogen-bond acceptors (Lipinski definition) is 5. The van der Waals surface area contributed by atoms with Gasteiger partial charge in [0.15, 0.2) is 0 Å². The smallest absolute Gasteiger partial charge is 0.325 e. The molecule has 158 valence electrons. The van der Waals surface area contributed by atoms with Crippen LogP contribution in [-0.2, 0) is 16.1 Å². The fourth-order valence-corrected chi connectivity index (χ4v) is 3.30. The molecule has 2 aromatic rings. The summed E-state index contributed by atoms with van der Waals surface area (Å²) in [6.07, 6.45) is 0.235. The first kappa shape index (κ1) is 21.3. The molecule has 0 spiro atoms. The van der Waals surface area contributed by atoms with E-state index < -0.39 is 18.1 Å². The van der Waals surface area contributed by atoms with Gasteiger partial charge in [-0.3, -0.25) is 14.5 Å². The molecule has 1 saturated heterocycles. The van der Waals surface area contributed by atoms with E-state index in [0.29, 0.717) is 5.75 Å². The molecule has 2 aromatic carbocycles. The number of carbonyl (C=O) groups excluding carboxylic acids is 3. The Labute approximate surface area is 174 Å². The molecule has 1 aliphatic rings. The number of methoxy groups -OCH3 is 1.